The van der Waals surface area contributed by atoms with E-state index in [9.17, 15) is 4.39 Å². The van der Waals surface area contributed by atoms with E-state index in [4.69, 9.17) is 5.73 Å². The quantitative estimate of drug-likeness (QED) is 0.876. The van der Waals surface area contributed by atoms with Crippen molar-refractivity contribution in [1.29, 1.82) is 0 Å². The molecule has 0 aliphatic heterocycles. The van der Waals surface area contributed by atoms with Gasteiger partial charge in [-0.1, -0.05) is 36.4 Å². The zero-order chi connectivity index (χ0) is 14.4. The van der Waals surface area contributed by atoms with Gasteiger partial charge < -0.3 is 5.73 Å². The summed E-state index contributed by atoms with van der Waals surface area (Å²) in [5.74, 6) is -0.181. The molecule has 106 valence electrons. The molecule has 2 rings (SSSR count). The molecule has 0 saturated carbocycles. The molecule has 0 atom stereocenters. The number of nitrogens with two attached hydrogens (primary N) is 1. The Labute approximate surface area is 120 Å². The molecule has 2 aromatic carbocycles. The van der Waals surface area contributed by atoms with Crippen molar-refractivity contribution in [3.63, 3.8) is 0 Å². The first-order valence-corrected chi connectivity index (χ1v) is 6.89. The van der Waals surface area contributed by atoms with Gasteiger partial charge in [0, 0.05) is 13.1 Å². The minimum Gasteiger partial charge on any atom is -0.330 e. The van der Waals surface area contributed by atoms with Crippen LogP contribution in [0.2, 0.25) is 0 Å². The fourth-order valence-corrected chi connectivity index (χ4v) is 2.40. The standard InChI is InChI=1S/C17H21FN2/c1-20(12-14-5-4-8-17(18)11-14)13-16-7-3-2-6-15(16)9-10-19/h2-8,11H,9-10,12-13,19H2,1H3. The molecular weight excluding hydrogens is 251 g/mol. The highest BCUT2D eigenvalue weighted by molar-refractivity contribution is 5.27. The maximum Gasteiger partial charge on any atom is 0.123 e. The molecule has 0 heterocycles. The monoisotopic (exact) mass is 272 g/mol. The number of rotatable bonds is 6. The van der Waals surface area contributed by atoms with E-state index in [0.29, 0.717) is 6.54 Å². The summed E-state index contributed by atoms with van der Waals surface area (Å²) >= 11 is 0. The van der Waals surface area contributed by atoms with Crippen LogP contribution in [0.15, 0.2) is 48.5 Å². The van der Waals surface area contributed by atoms with E-state index in [0.717, 1.165) is 25.1 Å². The van der Waals surface area contributed by atoms with Crippen molar-refractivity contribution in [3.05, 3.63) is 71.0 Å². The van der Waals surface area contributed by atoms with E-state index in [2.05, 4.69) is 17.0 Å². The van der Waals surface area contributed by atoms with E-state index < -0.39 is 0 Å². The Balaban J connectivity index is 2.02. The van der Waals surface area contributed by atoms with Crippen molar-refractivity contribution < 1.29 is 4.39 Å². The Morgan fingerprint density at radius 1 is 1.00 bits per heavy atom. The molecule has 0 spiro atoms. The Kier molecular flexibility index (Phi) is 5.27. The van der Waals surface area contributed by atoms with E-state index >= 15 is 0 Å². The van der Waals surface area contributed by atoms with E-state index in [1.165, 1.54) is 17.2 Å². The molecule has 0 aromatic heterocycles. The molecule has 2 nitrogen and oxygen atoms in total. The summed E-state index contributed by atoms with van der Waals surface area (Å²) in [6.45, 7) is 2.23. The second kappa shape index (κ2) is 7.17. The van der Waals surface area contributed by atoms with Crippen molar-refractivity contribution in [1.82, 2.24) is 4.90 Å². The smallest absolute Gasteiger partial charge is 0.123 e. The Bertz CT molecular complexity index is 554. The average Bonchev–Trinajstić information content (AvgIpc) is 2.41. The highest BCUT2D eigenvalue weighted by Gasteiger charge is 2.06. The lowest BCUT2D eigenvalue weighted by Crippen LogP contribution is -2.18. The lowest BCUT2D eigenvalue weighted by Gasteiger charge is -2.19. The average molecular weight is 272 g/mol. The molecule has 0 unspecified atom stereocenters. The number of hydrogen-bond donors (Lipinski definition) is 1. The molecule has 0 bridgehead atoms. The zero-order valence-electron chi connectivity index (χ0n) is 11.8. The Morgan fingerprint density at radius 3 is 2.45 bits per heavy atom. The van der Waals surface area contributed by atoms with Gasteiger partial charge in [0.05, 0.1) is 0 Å². The summed E-state index contributed by atoms with van der Waals surface area (Å²) in [5, 5.41) is 0. The van der Waals surface area contributed by atoms with Crippen LogP contribution in [0.3, 0.4) is 0 Å². The lowest BCUT2D eigenvalue weighted by atomic mass is 10.0. The summed E-state index contributed by atoms with van der Waals surface area (Å²) in [4.78, 5) is 2.18. The summed E-state index contributed by atoms with van der Waals surface area (Å²) in [5.41, 5.74) is 9.22. The molecule has 0 aliphatic carbocycles. The van der Waals surface area contributed by atoms with Crippen LogP contribution in [0.25, 0.3) is 0 Å². The summed E-state index contributed by atoms with van der Waals surface area (Å²) in [7, 11) is 2.05. The zero-order valence-corrected chi connectivity index (χ0v) is 11.8. The largest absolute Gasteiger partial charge is 0.330 e. The number of benzene rings is 2. The summed E-state index contributed by atoms with van der Waals surface area (Å²) < 4.78 is 13.2. The van der Waals surface area contributed by atoms with Crippen LogP contribution in [0.5, 0.6) is 0 Å². The second-order valence-corrected chi connectivity index (χ2v) is 5.11. The minimum atomic E-state index is -0.181. The van der Waals surface area contributed by atoms with Gasteiger partial charge in [-0.25, -0.2) is 4.39 Å². The highest BCUT2D eigenvalue weighted by atomic mass is 19.1. The van der Waals surface area contributed by atoms with Gasteiger partial charge in [-0.15, -0.1) is 0 Å². The molecule has 3 heteroatoms. The first-order chi connectivity index (χ1) is 9.69. The predicted molar refractivity (Wildman–Crippen MR) is 80.8 cm³/mol. The SMILES string of the molecule is CN(Cc1cccc(F)c1)Cc1ccccc1CCN. The fourth-order valence-electron chi connectivity index (χ4n) is 2.40. The lowest BCUT2D eigenvalue weighted by molar-refractivity contribution is 0.317. The van der Waals surface area contributed by atoms with Crippen molar-refractivity contribution in [2.24, 2.45) is 5.73 Å². The molecule has 20 heavy (non-hydrogen) atoms. The first-order valence-electron chi connectivity index (χ1n) is 6.89. The van der Waals surface area contributed by atoms with Crippen molar-refractivity contribution >= 4 is 0 Å². The van der Waals surface area contributed by atoms with Crippen LogP contribution < -0.4 is 5.73 Å². The fraction of sp³-hybridized carbons (Fsp3) is 0.294. The van der Waals surface area contributed by atoms with E-state index in [-0.39, 0.29) is 5.82 Å². The Morgan fingerprint density at radius 2 is 1.75 bits per heavy atom. The van der Waals surface area contributed by atoms with Crippen LogP contribution in [-0.4, -0.2) is 18.5 Å². The van der Waals surface area contributed by atoms with Gasteiger partial charge in [0.2, 0.25) is 0 Å². The number of hydrogen-bond acceptors (Lipinski definition) is 2. The number of nitrogens with zero attached hydrogens (tertiary/aromatic N) is 1. The molecule has 0 saturated heterocycles. The van der Waals surface area contributed by atoms with Crippen LogP contribution >= 0.6 is 0 Å². The maximum atomic E-state index is 13.2. The van der Waals surface area contributed by atoms with Crippen LogP contribution in [0, 0.1) is 5.82 Å². The van der Waals surface area contributed by atoms with Gasteiger partial charge in [-0.3, -0.25) is 4.90 Å². The topological polar surface area (TPSA) is 29.3 Å². The summed E-state index contributed by atoms with van der Waals surface area (Å²) in [6, 6.07) is 15.1. The first kappa shape index (κ1) is 14.7. The van der Waals surface area contributed by atoms with Gasteiger partial charge >= 0.3 is 0 Å². The third kappa shape index (κ3) is 4.15. The van der Waals surface area contributed by atoms with E-state index in [1.807, 2.05) is 25.2 Å². The van der Waals surface area contributed by atoms with Crippen LogP contribution in [-0.2, 0) is 19.5 Å². The maximum absolute atomic E-state index is 13.2. The van der Waals surface area contributed by atoms with E-state index in [1.54, 1.807) is 12.1 Å². The Hall–Kier alpha value is -1.71. The van der Waals surface area contributed by atoms with Crippen molar-refractivity contribution in [3.8, 4) is 0 Å². The summed E-state index contributed by atoms with van der Waals surface area (Å²) in [6.07, 6.45) is 0.893. The van der Waals surface area contributed by atoms with Crippen LogP contribution in [0.4, 0.5) is 4.39 Å². The third-order valence-corrected chi connectivity index (χ3v) is 3.31. The second-order valence-electron chi connectivity index (χ2n) is 5.11. The van der Waals surface area contributed by atoms with Gasteiger partial charge in [-0.2, -0.15) is 0 Å². The predicted octanol–water partition coefficient (Wildman–Crippen LogP) is 2.96. The molecule has 0 amide bonds. The third-order valence-electron chi connectivity index (χ3n) is 3.31. The van der Waals surface area contributed by atoms with Crippen molar-refractivity contribution in [2.75, 3.05) is 13.6 Å². The van der Waals surface area contributed by atoms with Gasteiger partial charge in [0.25, 0.3) is 0 Å². The van der Waals surface area contributed by atoms with Gasteiger partial charge in [0.15, 0.2) is 0 Å². The highest BCUT2D eigenvalue weighted by Crippen LogP contribution is 2.14. The minimum absolute atomic E-state index is 0.181. The molecule has 0 radical (unpaired) electrons. The number of halogens is 1. The molecule has 0 fully saturated rings. The molecular formula is C17H21FN2. The molecule has 2 N–H and O–H groups in total. The molecule has 0 aliphatic rings. The van der Waals surface area contributed by atoms with Crippen LogP contribution in [0.1, 0.15) is 16.7 Å². The molecule has 2 aromatic rings. The van der Waals surface area contributed by atoms with Gasteiger partial charge in [0.1, 0.15) is 5.82 Å². The van der Waals surface area contributed by atoms with Gasteiger partial charge in [-0.05, 0) is 48.8 Å². The van der Waals surface area contributed by atoms with Crippen molar-refractivity contribution in [2.45, 2.75) is 19.5 Å². The normalized spacial score (nSPS) is 11.0.